The van der Waals surface area contributed by atoms with Crippen LogP contribution >= 0.6 is 0 Å². The number of hydrogen-bond donors (Lipinski definition) is 2. The predicted octanol–water partition coefficient (Wildman–Crippen LogP) is 1.21. The number of aromatic hydroxyl groups is 1. The summed E-state index contributed by atoms with van der Waals surface area (Å²) in [6.07, 6.45) is 2.13. The first-order chi connectivity index (χ1) is 9.06. The Morgan fingerprint density at radius 3 is 2.84 bits per heavy atom. The van der Waals surface area contributed by atoms with Crippen LogP contribution < -0.4 is 5.32 Å². The molecule has 0 aromatic heterocycles. The molecule has 0 heterocycles. The standard InChI is InChI=1S/C13H14FNO4/c14-9-3-4-11(16)10(5-9)13(18)15-6-12(17)19-7-8-1-2-8/h3-5,8,16H,1-2,6-7H2,(H,15,18). The summed E-state index contributed by atoms with van der Waals surface area (Å²) in [6, 6.07) is 3.02. The maximum atomic E-state index is 12.9. The van der Waals surface area contributed by atoms with Crippen molar-refractivity contribution in [3.8, 4) is 5.75 Å². The van der Waals surface area contributed by atoms with Crippen LogP contribution in [-0.2, 0) is 9.53 Å². The number of rotatable bonds is 5. The zero-order valence-corrected chi connectivity index (χ0v) is 10.2. The highest BCUT2D eigenvalue weighted by Crippen LogP contribution is 2.28. The van der Waals surface area contributed by atoms with Crippen molar-refractivity contribution in [2.75, 3.05) is 13.2 Å². The Kier molecular flexibility index (Phi) is 3.99. The van der Waals surface area contributed by atoms with Crippen LogP contribution in [0.5, 0.6) is 5.75 Å². The SMILES string of the molecule is O=C(CNC(=O)c1cc(F)ccc1O)OCC1CC1. The van der Waals surface area contributed by atoms with E-state index in [2.05, 4.69) is 5.32 Å². The van der Waals surface area contributed by atoms with Gasteiger partial charge in [-0.2, -0.15) is 0 Å². The molecule has 1 aromatic rings. The summed E-state index contributed by atoms with van der Waals surface area (Å²) in [5.41, 5.74) is -0.213. The molecule has 0 bridgehead atoms. The Labute approximate surface area is 109 Å². The molecule has 1 saturated carbocycles. The second-order valence-electron chi connectivity index (χ2n) is 4.47. The Morgan fingerprint density at radius 2 is 2.16 bits per heavy atom. The van der Waals surface area contributed by atoms with Crippen molar-refractivity contribution in [3.63, 3.8) is 0 Å². The average molecular weight is 267 g/mol. The zero-order valence-electron chi connectivity index (χ0n) is 10.2. The number of phenolic OH excluding ortho intramolecular Hbond substituents is 1. The highest BCUT2D eigenvalue weighted by molar-refractivity contribution is 5.98. The van der Waals surface area contributed by atoms with E-state index in [4.69, 9.17) is 4.74 Å². The number of esters is 1. The van der Waals surface area contributed by atoms with E-state index in [0.717, 1.165) is 31.0 Å². The second kappa shape index (κ2) is 5.69. The van der Waals surface area contributed by atoms with Gasteiger partial charge in [-0.15, -0.1) is 0 Å². The topological polar surface area (TPSA) is 75.6 Å². The van der Waals surface area contributed by atoms with Gasteiger partial charge < -0.3 is 15.2 Å². The zero-order chi connectivity index (χ0) is 13.8. The van der Waals surface area contributed by atoms with E-state index in [1.807, 2.05) is 0 Å². The maximum Gasteiger partial charge on any atom is 0.325 e. The lowest BCUT2D eigenvalue weighted by Gasteiger charge is -2.07. The molecule has 0 aliphatic heterocycles. The molecule has 6 heteroatoms. The van der Waals surface area contributed by atoms with Crippen molar-refractivity contribution in [2.24, 2.45) is 5.92 Å². The number of carbonyl (C=O) groups excluding carboxylic acids is 2. The monoisotopic (exact) mass is 267 g/mol. The molecule has 0 atom stereocenters. The molecule has 1 amide bonds. The van der Waals surface area contributed by atoms with Crippen LogP contribution in [0.25, 0.3) is 0 Å². The van der Waals surface area contributed by atoms with Crippen LogP contribution in [0.2, 0.25) is 0 Å². The average Bonchev–Trinajstić information content (AvgIpc) is 3.20. The first kappa shape index (κ1) is 13.3. The van der Waals surface area contributed by atoms with Gasteiger partial charge in [-0.05, 0) is 37.0 Å². The summed E-state index contributed by atoms with van der Waals surface area (Å²) in [4.78, 5) is 22.9. The van der Waals surface area contributed by atoms with Gasteiger partial charge in [0.05, 0.1) is 12.2 Å². The Hall–Kier alpha value is -2.11. The van der Waals surface area contributed by atoms with E-state index in [1.165, 1.54) is 0 Å². The van der Waals surface area contributed by atoms with Crippen molar-refractivity contribution in [2.45, 2.75) is 12.8 Å². The number of halogens is 1. The molecular formula is C13H14FNO4. The molecule has 1 aromatic carbocycles. The summed E-state index contributed by atoms with van der Waals surface area (Å²) in [5, 5.41) is 11.7. The van der Waals surface area contributed by atoms with Crippen molar-refractivity contribution in [3.05, 3.63) is 29.6 Å². The Bertz CT molecular complexity index is 499. The molecule has 0 radical (unpaired) electrons. The van der Waals surface area contributed by atoms with Crippen LogP contribution in [0.1, 0.15) is 23.2 Å². The molecule has 0 spiro atoms. The molecule has 2 N–H and O–H groups in total. The molecule has 1 fully saturated rings. The molecule has 5 nitrogen and oxygen atoms in total. The van der Waals surface area contributed by atoms with Crippen molar-refractivity contribution >= 4 is 11.9 Å². The molecule has 102 valence electrons. The minimum absolute atomic E-state index is 0.213. The fraction of sp³-hybridized carbons (Fsp3) is 0.385. The van der Waals surface area contributed by atoms with Gasteiger partial charge in [0.2, 0.25) is 0 Å². The smallest absolute Gasteiger partial charge is 0.325 e. The summed E-state index contributed by atoms with van der Waals surface area (Å²) >= 11 is 0. The predicted molar refractivity (Wildman–Crippen MR) is 64.1 cm³/mol. The van der Waals surface area contributed by atoms with E-state index in [-0.39, 0.29) is 17.9 Å². The number of benzene rings is 1. The van der Waals surface area contributed by atoms with Gasteiger partial charge in [0.15, 0.2) is 0 Å². The molecule has 1 aliphatic rings. The lowest BCUT2D eigenvalue weighted by Crippen LogP contribution is -2.31. The number of ether oxygens (including phenoxy) is 1. The third-order valence-corrected chi connectivity index (χ3v) is 2.77. The normalized spacial score (nSPS) is 13.9. The number of amides is 1. The van der Waals surface area contributed by atoms with E-state index >= 15 is 0 Å². The largest absolute Gasteiger partial charge is 0.507 e. The molecule has 19 heavy (non-hydrogen) atoms. The van der Waals surface area contributed by atoms with E-state index in [0.29, 0.717) is 12.5 Å². The van der Waals surface area contributed by atoms with Gasteiger partial charge >= 0.3 is 5.97 Å². The van der Waals surface area contributed by atoms with Gasteiger partial charge in [-0.1, -0.05) is 0 Å². The molecule has 0 unspecified atom stereocenters. The molecular weight excluding hydrogens is 253 g/mol. The third-order valence-electron chi connectivity index (χ3n) is 2.77. The van der Waals surface area contributed by atoms with Crippen LogP contribution in [0.15, 0.2) is 18.2 Å². The van der Waals surface area contributed by atoms with E-state index in [1.54, 1.807) is 0 Å². The maximum absolute atomic E-state index is 12.9. The number of carbonyl (C=O) groups is 2. The van der Waals surface area contributed by atoms with Gasteiger partial charge in [-0.25, -0.2) is 4.39 Å². The number of phenols is 1. The molecule has 2 rings (SSSR count). The summed E-state index contributed by atoms with van der Waals surface area (Å²) in [6.45, 7) is 0.0709. The first-order valence-electron chi connectivity index (χ1n) is 5.98. The van der Waals surface area contributed by atoms with Crippen LogP contribution in [0.4, 0.5) is 4.39 Å². The first-order valence-corrected chi connectivity index (χ1v) is 5.98. The molecule has 0 saturated heterocycles. The van der Waals surface area contributed by atoms with E-state index < -0.39 is 17.7 Å². The van der Waals surface area contributed by atoms with Gasteiger partial charge in [0.25, 0.3) is 5.91 Å². The summed E-state index contributed by atoms with van der Waals surface area (Å²) in [7, 11) is 0. The van der Waals surface area contributed by atoms with Crippen molar-refractivity contribution < 1.29 is 23.8 Å². The van der Waals surface area contributed by atoms with Crippen LogP contribution in [0, 0.1) is 11.7 Å². The quantitative estimate of drug-likeness (QED) is 0.786. The minimum atomic E-state index is -0.722. The van der Waals surface area contributed by atoms with Crippen molar-refractivity contribution in [1.82, 2.24) is 5.32 Å². The summed E-state index contributed by atoms with van der Waals surface area (Å²) < 4.78 is 17.9. The molecule has 1 aliphatic carbocycles. The minimum Gasteiger partial charge on any atom is -0.507 e. The Morgan fingerprint density at radius 1 is 1.42 bits per heavy atom. The van der Waals surface area contributed by atoms with Gasteiger partial charge in [-0.3, -0.25) is 9.59 Å². The lowest BCUT2D eigenvalue weighted by atomic mass is 10.2. The fourth-order valence-electron chi connectivity index (χ4n) is 1.48. The number of hydrogen-bond acceptors (Lipinski definition) is 4. The fourth-order valence-corrected chi connectivity index (χ4v) is 1.48. The van der Waals surface area contributed by atoms with Crippen LogP contribution in [0.3, 0.4) is 0 Å². The Balaban J connectivity index is 1.82. The number of nitrogens with one attached hydrogen (secondary N) is 1. The van der Waals surface area contributed by atoms with Gasteiger partial charge in [0.1, 0.15) is 18.1 Å². The van der Waals surface area contributed by atoms with E-state index in [9.17, 15) is 19.1 Å². The summed E-state index contributed by atoms with van der Waals surface area (Å²) in [5.74, 6) is -1.80. The van der Waals surface area contributed by atoms with Crippen molar-refractivity contribution in [1.29, 1.82) is 0 Å². The highest BCUT2D eigenvalue weighted by Gasteiger charge is 2.23. The lowest BCUT2D eigenvalue weighted by molar-refractivity contribution is -0.142. The third kappa shape index (κ3) is 3.94. The van der Waals surface area contributed by atoms with Gasteiger partial charge in [0, 0.05) is 0 Å². The highest BCUT2D eigenvalue weighted by atomic mass is 19.1. The van der Waals surface area contributed by atoms with Crippen LogP contribution in [-0.4, -0.2) is 30.1 Å². The second-order valence-corrected chi connectivity index (χ2v) is 4.47.